The molecule has 3 rings (SSSR count). The number of carbonyl (C=O) groups excluding carboxylic acids is 1. The van der Waals surface area contributed by atoms with Crippen LogP contribution >= 0.6 is 0 Å². The summed E-state index contributed by atoms with van der Waals surface area (Å²) in [6, 6.07) is 4.48. The van der Waals surface area contributed by atoms with Gasteiger partial charge in [-0.2, -0.15) is 0 Å². The van der Waals surface area contributed by atoms with Crippen LogP contribution in [-0.4, -0.2) is 19.0 Å². The van der Waals surface area contributed by atoms with E-state index >= 15 is 0 Å². The molecule has 0 aromatic heterocycles. The molecule has 1 aromatic rings. The van der Waals surface area contributed by atoms with Gasteiger partial charge in [0, 0.05) is 12.2 Å². The summed E-state index contributed by atoms with van der Waals surface area (Å²) in [5, 5.41) is 5.97. The van der Waals surface area contributed by atoms with Gasteiger partial charge in [0.15, 0.2) is 0 Å². The number of rotatable bonds is 0. The zero-order valence-corrected chi connectivity index (χ0v) is 8.14. The molecule has 2 N–H and O–H groups in total. The Kier molecular flexibility index (Phi) is 1.65. The van der Waals surface area contributed by atoms with Crippen LogP contribution in [-0.2, 0) is 10.2 Å². The zero-order valence-electron chi connectivity index (χ0n) is 8.14. The average molecular weight is 206 g/mol. The molecule has 1 amide bonds. The maximum absolute atomic E-state index is 13.2. The predicted molar refractivity (Wildman–Crippen MR) is 54.2 cm³/mol. The summed E-state index contributed by atoms with van der Waals surface area (Å²) in [5.41, 5.74) is 1.03. The van der Waals surface area contributed by atoms with E-state index in [1.54, 1.807) is 6.07 Å². The smallest absolute Gasteiger partial charge is 0.236 e. The molecule has 1 unspecified atom stereocenters. The first-order valence-corrected chi connectivity index (χ1v) is 5.05. The van der Waals surface area contributed by atoms with Crippen molar-refractivity contribution in [1.82, 2.24) is 5.32 Å². The Bertz CT molecular complexity index is 438. The summed E-state index contributed by atoms with van der Waals surface area (Å²) < 4.78 is 13.2. The lowest BCUT2D eigenvalue weighted by Gasteiger charge is -2.19. The number of amides is 1. The Morgan fingerprint density at radius 2 is 2.27 bits per heavy atom. The van der Waals surface area contributed by atoms with Gasteiger partial charge in [0.1, 0.15) is 5.82 Å². The average Bonchev–Trinajstić information content (AvgIpc) is 2.78. The molecular formula is C11H11FN2O. The minimum atomic E-state index is -0.530. The highest BCUT2D eigenvalue weighted by Gasteiger charge is 2.48. The number of benzene rings is 1. The van der Waals surface area contributed by atoms with Gasteiger partial charge in [0.25, 0.3) is 0 Å². The molecule has 0 aliphatic carbocycles. The lowest BCUT2D eigenvalue weighted by Crippen LogP contribution is -2.36. The molecule has 1 atom stereocenters. The van der Waals surface area contributed by atoms with Gasteiger partial charge in [0.2, 0.25) is 5.91 Å². The SMILES string of the molecule is O=C1Nc2ccc(F)cc2C12CCNC2. The largest absolute Gasteiger partial charge is 0.325 e. The number of fused-ring (bicyclic) bond motifs is 2. The summed E-state index contributed by atoms with van der Waals surface area (Å²) >= 11 is 0. The van der Waals surface area contributed by atoms with Gasteiger partial charge in [0.05, 0.1) is 5.41 Å². The maximum Gasteiger partial charge on any atom is 0.236 e. The molecule has 4 heteroatoms. The molecule has 2 heterocycles. The summed E-state index contributed by atoms with van der Waals surface area (Å²) in [7, 11) is 0. The Labute approximate surface area is 86.7 Å². The van der Waals surface area contributed by atoms with E-state index in [9.17, 15) is 9.18 Å². The van der Waals surface area contributed by atoms with Crippen molar-refractivity contribution >= 4 is 11.6 Å². The molecule has 15 heavy (non-hydrogen) atoms. The second-order valence-electron chi connectivity index (χ2n) is 4.15. The van der Waals surface area contributed by atoms with Crippen molar-refractivity contribution in [3.63, 3.8) is 0 Å². The van der Waals surface area contributed by atoms with E-state index in [4.69, 9.17) is 0 Å². The number of carbonyl (C=O) groups is 1. The number of nitrogens with one attached hydrogen (secondary N) is 2. The van der Waals surface area contributed by atoms with E-state index < -0.39 is 5.41 Å². The highest BCUT2D eigenvalue weighted by atomic mass is 19.1. The molecule has 0 radical (unpaired) electrons. The minimum Gasteiger partial charge on any atom is -0.325 e. The molecule has 1 saturated heterocycles. The van der Waals surface area contributed by atoms with Crippen LogP contribution in [0.15, 0.2) is 18.2 Å². The summed E-state index contributed by atoms with van der Waals surface area (Å²) in [5.74, 6) is -0.287. The summed E-state index contributed by atoms with van der Waals surface area (Å²) in [4.78, 5) is 11.9. The van der Waals surface area contributed by atoms with E-state index in [0.717, 1.165) is 24.2 Å². The Balaban J connectivity index is 2.19. The van der Waals surface area contributed by atoms with E-state index in [1.165, 1.54) is 12.1 Å². The topological polar surface area (TPSA) is 41.1 Å². The normalized spacial score (nSPS) is 28.2. The monoisotopic (exact) mass is 206 g/mol. The van der Waals surface area contributed by atoms with E-state index in [0.29, 0.717) is 6.54 Å². The lowest BCUT2D eigenvalue weighted by molar-refractivity contribution is -0.120. The van der Waals surface area contributed by atoms with Crippen molar-refractivity contribution in [2.75, 3.05) is 18.4 Å². The molecule has 78 valence electrons. The van der Waals surface area contributed by atoms with Crippen LogP contribution in [0.25, 0.3) is 0 Å². The van der Waals surface area contributed by atoms with Crippen LogP contribution in [0.2, 0.25) is 0 Å². The van der Waals surface area contributed by atoms with Crippen molar-refractivity contribution < 1.29 is 9.18 Å². The molecule has 2 aliphatic rings. The third-order valence-corrected chi connectivity index (χ3v) is 3.34. The number of hydrogen-bond acceptors (Lipinski definition) is 2. The summed E-state index contributed by atoms with van der Waals surface area (Å²) in [6.07, 6.45) is 0.745. The first kappa shape index (κ1) is 8.85. The van der Waals surface area contributed by atoms with Crippen LogP contribution in [0.3, 0.4) is 0 Å². The van der Waals surface area contributed by atoms with Crippen LogP contribution in [0, 0.1) is 5.82 Å². The Morgan fingerprint density at radius 3 is 3.00 bits per heavy atom. The molecule has 3 nitrogen and oxygen atoms in total. The van der Waals surface area contributed by atoms with Crippen LogP contribution in [0.4, 0.5) is 10.1 Å². The third-order valence-electron chi connectivity index (χ3n) is 3.34. The van der Waals surface area contributed by atoms with Crippen LogP contribution < -0.4 is 10.6 Å². The standard InChI is InChI=1S/C11H11FN2O/c12-7-1-2-9-8(5-7)11(10(15)14-9)3-4-13-6-11/h1-2,5,13H,3-4,6H2,(H,14,15). The minimum absolute atomic E-state index is 0.00639. The number of hydrogen-bond donors (Lipinski definition) is 2. The quantitative estimate of drug-likeness (QED) is 0.665. The lowest BCUT2D eigenvalue weighted by atomic mass is 9.81. The molecule has 1 aromatic carbocycles. The first-order valence-electron chi connectivity index (χ1n) is 5.05. The highest BCUT2D eigenvalue weighted by Crippen LogP contribution is 2.41. The van der Waals surface area contributed by atoms with E-state index in [2.05, 4.69) is 10.6 Å². The van der Waals surface area contributed by atoms with Gasteiger partial charge in [-0.05, 0) is 36.7 Å². The fourth-order valence-corrected chi connectivity index (χ4v) is 2.50. The van der Waals surface area contributed by atoms with Crippen molar-refractivity contribution in [3.8, 4) is 0 Å². The molecular weight excluding hydrogens is 195 g/mol. The van der Waals surface area contributed by atoms with Gasteiger partial charge >= 0.3 is 0 Å². The van der Waals surface area contributed by atoms with Gasteiger partial charge in [-0.1, -0.05) is 0 Å². The van der Waals surface area contributed by atoms with Gasteiger partial charge in [-0.3, -0.25) is 4.79 Å². The van der Waals surface area contributed by atoms with Gasteiger partial charge < -0.3 is 10.6 Å². The van der Waals surface area contributed by atoms with Crippen molar-refractivity contribution in [2.45, 2.75) is 11.8 Å². The van der Waals surface area contributed by atoms with Gasteiger partial charge in [-0.25, -0.2) is 4.39 Å². The second-order valence-corrected chi connectivity index (χ2v) is 4.15. The van der Waals surface area contributed by atoms with Gasteiger partial charge in [-0.15, -0.1) is 0 Å². The maximum atomic E-state index is 13.2. The predicted octanol–water partition coefficient (Wildman–Crippen LogP) is 1.01. The highest BCUT2D eigenvalue weighted by molar-refractivity contribution is 6.06. The number of halogens is 1. The third kappa shape index (κ3) is 1.05. The zero-order chi connectivity index (χ0) is 10.5. The fourth-order valence-electron chi connectivity index (χ4n) is 2.50. The molecule has 2 aliphatic heterocycles. The van der Waals surface area contributed by atoms with Crippen LogP contribution in [0.5, 0.6) is 0 Å². The van der Waals surface area contributed by atoms with Crippen molar-refractivity contribution in [2.24, 2.45) is 0 Å². The number of anilines is 1. The van der Waals surface area contributed by atoms with Crippen molar-refractivity contribution in [3.05, 3.63) is 29.6 Å². The van der Waals surface area contributed by atoms with E-state index in [1.807, 2.05) is 0 Å². The fraction of sp³-hybridized carbons (Fsp3) is 0.364. The molecule has 0 bridgehead atoms. The molecule has 0 saturated carbocycles. The summed E-state index contributed by atoms with van der Waals surface area (Å²) in [6.45, 7) is 1.42. The second kappa shape index (κ2) is 2.79. The Morgan fingerprint density at radius 1 is 1.40 bits per heavy atom. The first-order chi connectivity index (χ1) is 7.22. The van der Waals surface area contributed by atoms with E-state index in [-0.39, 0.29) is 11.7 Å². The van der Waals surface area contributed by atoms with Crippen molar-refractivity contribution in [1.29, 1.82) is 0 Å². The van der Waals surface area contributed by atoms with Crippen LogP contribution in [0.1, 0.15) is 12.0 Å². The molecule has 1 fully saturated rings. The Hall–Kier alpha value is -1.42. The molecule has 1 spiro atoms.